The van der Waals surface area contributed by atoms with Crippen LogP contribution in [0.1, 0.15) is 75.0 Å². The lowest BCUT2D eigenvalue weighted by atomic mass is 9.63. The number of likely N-dealkylation sites (N-methyl/N-ethyl adjacent to an activating group) is 2. The average molecular weight is 700 g/mol. The minimum atomic E-state index is -0.976. The molecule has 0 aromatic heterocycles. The molecule has 6 heterocycles. The first-order valence-electron chi connectivity index (χ1n) is 17.8. The first kappa shape index (κ1) is 34.3. The van der Waals surface area contributed by atoms with Crippen LogP contribution in [0.5, 0.6) is 0 Å². The summed E-state index contributed by atoms with van der Waals surface area (Å²) >= 11 is 0. The van der Waals surface area contributed by atoms with Crippen molar-refractivity contribution in [2.45, 2.75) is 124 Å². The van der Waals surface area contributed by atoms with Crippen LogP contribution < -0.4 is 24.8 Å². The summed E-state index contributed by atoms with van der Waals surface area (Å²) in [6.45, 7) is 6.67. The molecule has 4 bridgehead atoms. The number of quaternary nitrogens is 2. The van der Waals surface area contributed by atoms with Gasteiger partial charge in [0.25, 0.3) is 0 Å². The fraction of sp³-hybridized carbons (Fsp3) is 0.632. The number of hydrogen-bond acceptors (Lipinski definition) is 6. The standard InChI is InChI=1S/C38H48N2O6.2ClH/c1-5-39(3)28-18-23(19-29(39)33-32(28)45-33)43-36(41)26-16-17-38(22-12-8-7-9-13-22,27-15-11-10-14-25(26)27)37(42)44-24-20-30-34-35(46-34)31(21-24)40(30,4)6-2;;/h7-15,23-24,26,28-35H,5-6,16-21H2,1-4H3;2*1H/q+2;;/p-2/t23?,24?,26-,28-,29+,30-,31+,32?,33?,34?,35?,38-,39?,40?;;/m1../s1. The third kappa shape index (κ3) is 4.69. The van der Waals surface area contributed by atoms with Gasteiger partial charge in [-0.3, -0.25) is 9.59 Å². The summed E-state index contributed by atoms with van der Waals surface area (Å²) in [5, 5.41) is 0. The highest BCUT2D eigenvalue weighted by Crippen LogP contribution is 2.55. The molecule has 0 saturated carbocycles. The summed E-state index contributed by atoms with van der Waals surface area (Å²) in [6.07, 6.45) is 5.45. The van der Waals surface area contributed by atoms with Gasteiger partial charge in [0.2, 0.25) is 0 Å². The van der Waals surface area contributed by atoms with Crippen LogP contribution in [0, 0.1) is 0 Å². The van der Waals surface area contributed by atoms with Crippen molar-refractivity contribution >= 4 is 11.9 Å². The van der Waals surface area contributed by atoms with Crippen molar-refractivity contribution in [3.05, 3.63) is 71.3 Å². The molecule has 14 atom stereocenters. The molecule has 0 amide bonds. The van der Waals surface area contributed by atoms with Crippen molar-refractivity contribution in [2.24, 2.45) is 0 Å². The van der Waals surface area contributed by atoms with Crippen molar-refractivity contribution in [2.75, 3.05) is 27.2 Å². The molecule has 6 saturated heterocycles. The Hall–Kier alpha value is -2.20. The van der Waals surface area contributed by atoms with Crippen LogP contribution in [0.3, 0.4) is 0 Å². The van der Waals surface area contributed by atoms with Gasteiger partial charge in [0.15, 0.2) is 0 Å². The zero-order valence-corrected chi connectivity index (χ0v) is 29.8. The largest absolute Gasteiger partial charge is 1.00 e. The van der Waals surface area contributed by atoms with E-state index in [-0.39, 0.29) is 49.0 Å². The molecule has 9 rings (SSSR count). The Morgan fingerprint density at radius 2 is 1.21 bits per heavy atom. The highest BCUT2D eigenvalue weighted by atomic mass is 35.5. The Morgan fingerprint density at radius 1 is 0.729 bits per heavy atom. The average Bonchev–Trinajstić information content (AvgIpc) is 3.99. The van der Waals surface area contributed by atoms with Crippen LogP contribution in [0.2, 0.25) is 0 Å². The fourth-order valence-corrected chi connectivity index (χ4v) is 11.2. The lowest BCUT2D eigenvalue weighted by Crippen LogP contribution is -3.00. The Bertz CT molecular complexity index is 1540. The number of halogens is 2. The van der Waals surface area contributed by atoms with Crippen molar-refractivity contribution in [1.82, 2.24) is 0 Å². The molecule has 48 heavy (non-hydrogen) atoms. The van der Waals surface area contributed by atoms with Crippen LogP contribution in [-0.2, 0) is 34.0 Å². The van der Waals surface area contributed by atoms with E-state index in [0.29, 0.717) is 61.4 Å². The molecule has 10 heteroatoms. The zero-order valence-electron chi connectivity index (χ0n) is 28.3. The van der Waals surface area contributed by atoms with E-state index in [9.17, 15) is 9.59 Å². The van der Waals surface area contributed by atoms with Crippen molar-refractivity contribution in [3.63, 3.8) is 0 Å². The molecule has 1 aliphatic carbocycles. The Morgan fingerprint density at radius 3 is 1.73 bits per heavy atom. The van der Waals surface area contributed by atoms with Gasteiger partial charge < -0.3 is 52.7 Å². The zero-order chi connectivity index (χ0) is 31.6. The van der Waals surface area contributed by atoms with E-state index in [4.69, 9.17) is 18.9 Å². The van der Waals surface area contributed by atoms with Gasteiger partial charge in [-0.25, -0.2) is 0 Å². The number of carbonyl (C=O) groups is 2. The number of epoxide rings is 2. The number of rotatable bonds is 7. The predicted molar refractivity (Wildman–Crippen MR) is 170 cm³/mol. The summed E-state index contributed by atoms with van der Waals surface area (Å²) < 4.78 is 27.1. The van der Waals surface area contributed by atoms with E-state index < -0.39 is 11.3 Å². The fourth-order valence-electron chi connectivity index (χ4n) is 11.2. The number of piperidine rings is 2. The van der Waals surface area contributed by atoms with E-state index in [1.54, 1.807) is 0 Å². The van der Waals surface area contributed by atoms with Gasteiger partial charge in [0, 0.05) is 25.7 Å². The van der Waals surface area contributed by atoms with Crippen molar-refractivity contribution in [1.29, 1.82) is 0 Å². The van der Waals surface area contributed by atoms with Crippen LogP contribution in [0.15, 0.2) is 54.6 Å². The third-order valence-electron chi connectivity index (χ3n) is 14.1. The van der Waals surface area contributed by atoms with Gasteiger partial charge >= 0.3 is 11.9 Å². The Balaban J connectivity index is 0.00000182. The second kappa shape index (κ2) is 12.0. The van der Waals surface area contributed by atoms with Crippen molar-refractivity contribution in [3.8, 4) is 0 Å². The molecule has 8 unspecified atom stereocenters. The highest BCUT2D eigenvalue weighted by molar-refractivity contribution is 5.91. The summed E-state index contributed by atoms with van der Waals surface area (Å²) in [7, 11) is 4.69. The molecule has 6 aliphatic heterocycles. The molecule has 7 aliphatic rings. The highest BCUT2D eigenvalue weighted by Gasteiger charge is 2.73. The molecule has 0 spiro atoms. The number of carbonyl (C=O) groups excluding carboxylic acids is 2. The van der Waals surface area contributed by atoms with Crippen LogP contribution in [0.25, 0.3) is 0 Å². The van der Waals surface area contributed by atoms with Gasteiger partial charge in [0.05, 0.1) is 33.1 Å². The maximum Gasteiger partial charge on any atom is 0.321 e. The topological polar surface area (TPSA) is 77.7 Å². The smallest absolute Gasteiger partial charge is 0.321 e. The second-order valence-corrected chi connectivity index (χ2v) is 15.7. The molecule has 0 N–H and O–H groups in total. The van der Waals surface area contributed by atoms with Crippen molar-refractivity contribution < 1.29 is 62.3 Å². The monoisotopic (exact) mass is 698 g/mol. The lowest BCUT2D eigenvalue weighted by molar-refractivity contribution is -0.954. The minimum Gasteiger partial charge on any atom is -1.00 e. The second-order valence-electron chi connectivity index (χ2n) is 15.7. The van der Waals surface area contributed by atoms with Gasteiger partial charge in [-0.1, -0.05) is 54.6 Å². The van der Waals surface area contributed by atoms with Gasteiger partial charge in [-0.15, -0.1) is 0 Å². The molecule has 2 aromatic carbocycles. The van der Waals surface area contributed by atoms with E-state index >= 15 is 0 Å². The number of morpholine rings is 2. The lowest BCUT2D eigenvalue weighted by Gasteiger charge is -2.48. The molecule has 0 radical (unpaired) electrons. The van der Waals surface area contributed by atoms with Crippen LogP contribution >= 0.6 is 0 Å². The van der Waals surface area contributed by atoms with Gasteiger partial charge in [0.1, 0.15) is 66.2 Å². The maximum atomic E-state index is 14.7. The molecule has 8 nitrogen and oxygen atoms in total. The molecular formula is C38H48Cl2N2O6. The molecule has 260 valence electrons. The number of benzene rings is 2. The molecule has 2 aromatic rings. The number of fused-ring (bicyclic) bond motifs is 11. The first-order valence-corrected chi connectivity index (χ1v) is 17.8. The quantitative estimate of drug-likeness (QED) is 0.194. The minimum absolute atomic E-state index is 0. The van der Waals surface area contributed by atoms with E-state index in [2.05, 4.69) is 27.9 Å². The summed E-state index contributed by atoms with van der Waals surface area (Å²) in [6, 6.07) is 19.6. The number of esters is 2. The van der Waals surface area contributed by atoms with Crippen LogP contribution in [0.4, 0.5) is 0 Å². The van der Waals surface area contributed by atoms with Gasteiger partial charge in [-0.05, 0) is 43.4 Å². The third-order valence-corrected chi connectivity index (χ3v) is 14.1. The number of hydrogen-bond donors (Lipinski definition) is 0. The predicted octanol–water partition coefficient (Wildman–Crippen LogP) is -1.76. The first-order chi connectivity index (χ1) is 22.2. The van der Waals surface area contributed by atoms with E-state index in [1.165, 1.54) is 0 Å². The number of ether oxygens (including phenoxy) is 4. The SMILES string of the molecule is CC[N+]1(C)[C@@H]2CC(OC(=O)[C@@H]3CC[C@@](C(=O)OC4C[C@@H]5C6OC6[C@H](C4)[N+]5(C)CC)(c4ccccc4)c4ccccc43)C[C@H]1C1OC12.[Cl-].[Cl-]. The van der Waals surface area contributed by atoms with Crippen LogP contribution in [-0.4, -0.2) is 109 Å². The van der Waals surface area contributed by atoms with Gasteiger partial charge in [-0.2, -0.15) is 0 Å². The Labute approximate surface area is 296 Å². The maximum absolute atomic E-state index is 14.7. The molecular weight excluding hydrogens is 651 g/mol. The Kier molecular flexibility index (Phi) is 8.53. The summed E-state index contributed by atoms with van der Waals surface area (Å²) in [5.74, 6) is -0.756. The molecule has 6 fully saturated rings. The van der Waals surface area contributed by atoms with E-state index in [1.807, 2.05) is 54.6 Å². The summed E-state index contributed by atoms with van der Waals surface area (Å²) in [4.78, 5) is 28.8. The normalized spacial score (nSPS) is 45.3. The van der Waals surface area contributed by atoms with E-state index in [0.717, 1.165) is 64.4 Å². The number of nitrogens with zero attached hydrogens (tertiary/aromatic N) is 2. The summed E-state index contributed by atoms with van der Waals surface area (Å²) in [5.41, 5.74) is 1.73.